The van der Waals surface area contributed by atoms with Gasteiger partial charge >= 0.3 is 0 Å². The molecule has 1 amide bonds. The molecule has 2 aromatic rings. The highest BCUT2D eigenvalue weighted by Gasteiger charge is 2.19. The number of nitrogens with one attached hydrogen (secondary N) is 1. The Kier molecular flexibility index (Phi) is 7.14. The van der Waals surface area contributed by atoms with Crippen molar-refractivity contribution >= 4 is 23.5 Å². The highest BCUT2D eigenvalue weighted by atomic mass is 16.5. The summed E-state index contributed by atoms with van der Waals surface area (Å²) < 4.78 is 5.41. The molecule has 8 nitrogen and oxygen atoms in total. The highest BCUT2D eigenvalue weighted by Crippen LogP contribution is 2.24. The van der Waals surface area contributed by atoms with E-state index in [1.807, 2.05) is 24.4 Å². The molecule has 8 heteroatoms. The van der Waals surface area contributed by atoms with Crippen LogP contribution in [-0.4, -0.2) is 73.5 Å². The minimum atomic E-state index is -0.534. The van der Waals surface area contributed by atoms with Crippen LogP contribution in [0.2, 0.25) is 0 Å². The molecule has 2 aliphatic rings. The summed E-state index contributed by atoms with van der Waals surface area (Å²) in [4.78, 5) is 23.0. The Bertz CT molecular complexity index is 888. The van der Waals surface area contributed by atoms with Gasteiger partial charge in [-0.3, -0.25) is 14.9 Å². The number of para-hydroxylation sites is 1. The summed E-state index contributed by atoms with van der Waals surface area (Å²) in [5, 5.41) is 8.68. The van der Waals surface area contributed by atoms with Crippen molar-refractivity contribution in [1.82, 2.24) is 15.4 Å². The van der Waals surface area contributed by atoms with Crippen LogP contribution in [0.1, 0.15) is 11.1 Å². The molecule has 0 saturated carbocycles. The second-order valence-corrected chi connectivity index (χ2v) is 7.76. The third-order valence-corrected chi connectivity index (χ3v) is 5.72. The van der Waals surface area contributed by atoms with Crippen LogP contribution in [0.3, 0.4) is 0 Å². The van der Waals surface area contributed by atoms with E-state index in [0.717, 1.165) is 76.1 Å². The number of hydrogen-bond donors (Lipinski definition) is 2. The summed E-state index contributed by atoms with van der Waals surface area (Å²) in [5.74, 6) is 0.490. The first-order valence-electron chi connectivity index (χ1n) is 10.7. The number of ether oxygens (including phenoxy) is 1. The van der Waals surface area contributed by atoms with Crippen molar-refractivity contribution in [1.29, 1.82) is 0 Å². The standard InChI is InChI=1S/C23H29N5O3/c29-23(25-30)8-6-20-3-1-2-4-21(20)27-11-9-26(10-12-27)18-19-5-7-22(24-17-19)28-13-15-31-16-14-28/h1-8,17,30H,9-16,18H2,(H,25,29). The van der Waals surface area contributed by atoms with Gasteiger partial charge in [0.15, 0.2) is 0 Å². The van der Waals surface area contributed by atoms with Crippen molar-refractivity contribution < 1.29 is 14.7 Å². The fraction of sp³-hybridized carbons (Fsp3) is 0.391. The van der Waals surface area contributed by atoms with Gasteiger partial charge in [-0.15, -0.1) is 0 Å². The van der Waals surface area contributed by atoms with E-state index < -0.39 is 5.91 Å². The molecule has 0 bridgehead atoms. The molecule has 0 aliphatic carbocycles. The number of carbonyl (C=O) groups excluding carboxylic acids is 1. The van der Waals surface area contributed by atoms with E-state index in [1.54, 1.807) is 11.6 Å². The molecule has 2 saturated heterocycles. The molecule has 3 heterocycles. The summed E-state index contributed by atoms with van der Waals surface area (Å²) in [5.41, 5.74) is 4.91. The Morgan fingerprint density at radius 3 is 2.52 bits per heavy atom. The van der Waals surface area contributed by atoms with Crippen LogP contribution < -0.4 is 15.3 Å². The Morgan fingerprint density at radius 1 is 1.03 bits per heavy atom. The number of benzene rings is 1. The fourth-order valence-corrected chi connectivity index (χ4v) is 4.01. The third-order valence-electron chi connectivity index (χ3n) is 5.72. The lowest BCUT2D eigenvalue weighted by molar-refractivity contribution is -0.124. The summed E-state index contributed by atoms with van der Waals surface area (Å²) in [6.07, 6.45) is 5.06. The van der Waals surface area contributed by atoms with Crippen molar-refractivity contribution in [3.63, 3.8) is 0 Å². The molecule has 164 valence electrons. The Balaban J connectivity index is 1.32. The van der Waals surface area contributed by atoms with Crippen LogP contribution in [0.4, 0.5) is 11.5 Å². The predicted octanol–water partition coefficient (Wildman–Crippen LogP) is 1.76. The quantitative estimate of drug-likeness (QED) is 0.416. The predicted molar refractivity (Wildman–Crippen MR) is 120 cm³/mol. The van der Waals surface area contributed by atoms with E-state index in [0.29, 0.717) is 0 Å². The number of pyridine rings is 1. The van der Waals surface area contributed by atoms with Gasteiger partial charge in [0.1, 0.15) is 5.82 Å². The lowest BCUT2D eigenvalue weighted by Gasteiger charge is -2.36. The molecule has 0 unspecified atom stereocenters. The van der Waals surface area contributed by atoms with Crippen LogP contribution in [0, 0.1) is 0 Å². The molecule has 0 spiro atoms. The van der Waals surface area contributed by atoms with Gasteiger partial charge in [-0.1, -0.05) is 24.3 Å². The lowest BCUT2D eigenvalue weighted by Crippen LogP contribution is -2.46. The maximum Gasteiger partial charge on any atom is 0.267 e. The Hall–Kier alpha value is -2.94. The van der Waals surface area contributed by atoms with Crippen LogP contribution in [0.15, 0.2) is 48.7 Å². The van der Waals surface area contributed by atoms with Gasteiger partial charge in [0, 0.05) is 63.8 Å². The minimum Gasteiger partial charge on any atom is -0.378 e. The maximum atomic E-state index is 11.3. The molecule has 1 aromatic carbocycles. The van der Waals surface area contributed by atoms with Crippen molar-refractivity contribution in [2.75, 3.05) is 62.3 Å². The summed E-state index contributed by atoms with van der Waals surface area (Å²) in [7, 11) is 0. The Morgan fingerprint density at radius 2 is 1.81 bits per heavy atom. The first-order chi connectivity index (χ1) is 15.2. The zero-order valence-electron chi connectivity index (χ0n) is 17.6. The third kappa shape index (κ3) is 5.61. The minimum absolute atomic E-state index is 0.534. The molecule has 0 atom stereocenters. The van der Waals surface area contributed by atoms with Gasteiger partial charge in [-0.2, -0.15) is 0 Å². The zero-order chi connectivity index (χ0) is 21.5. The van der Waals surface area contributed by atoms with Gasteiger partial charge < -0.3 is 14.5 Å². The number of anilines is 2. The molecule has 1 aromatic heterocycles. The number of nitrogens with zero attached hydrogens (tertiary/aromatic N) is 4. The van der Waals surface area contributed by atoms with Crippen molar-refractivity contribution in [3.8, 4) is 0 Å². The molecule has 2 fully saturated rings. The van der Waals surface area contributed by atoms with Crippen molar-refractivity contribution in [2.45, 2.75) is 6.54 Å². The van der Waals surface area contributed by atoms with Crippen molar-refractivity contribution in [3.05, 3.63) is 59.8 Å². The second-order valence-electron chi connectivity index (χ2n) is 7.76. The molecule has 4 rings (SSSR count). The van der Waals surface area contributed by atoms with Crippen LogP contribution in [0.5, 0.6) is 0 Å². The zero-order valence-corrected chi connectivity index (χ0v) is 17.6. The normalized spacial score (nSPS) is 17.8. The molecule has 31 heavy (non-hydrogen) atoms. The van der Waals surface area contributed by atoms with Gasteiger partial charge in [0.2, 0.25) is 0 Å². The van der Waals surface area contributed by atoms with E-state index in [-0.39, 0.29) is 0 Å². The number of piperazine rings is 1. The average Bonchev–Trinajstić information content (AvgIpc) is 2.84. The average molecular weight is 424 g/mol. The van der Waals surface area contributed by atoms with Gasteiger partial charge in [0.25, 0.3) is 5.91 Å². The largest absolute Gasteiger partial charge is 0.378 e. The number of hydroxylamine groups is 1. The SMILES string of the molecule is O=C(C=Cc1ccccc1N1CCN(Cc2ccc(N3CCOCC3)nc2)CC1)NO. The smallest absolute Gasteiger partial charge is 0.267 e. The van der Waals surface area contributed by atoms with Crippen LogP contribution in [0.25, 0.3) is 6.08 Å². The second kappa shape index (κ2) is 10.4. The number of morpholine rings is 1. The number of rotatable bonds is 6. The molecule has 2 aliphatic heterocycles. The molecular formula is C23H29N5O3. The van der Waals surface area contributed by atoms with E-state index in [9.17, 15) is 4.79 Å². The first kappa shape index (κ1) is 21.3. The summed E-state index contributed by atoms with van der Waals surface area (Å²) in [6.45, 7) is 7.96. The van der Waals surface area contributed by atoms with Gasteiger partial charge in [0.05, 0.1) is 13.2 Å². The number of amides is 1. The van der Waals surface area contributed by atoms with Gasteiger partial charge in [-0.05, 0) is 29.3 Å². The van der Waals surface area contributed by atoms with Gasteiger partial charge in [-0.25, -0.2) is 10.5 Å². The number of hydrogen-bond acceptors (Lipinski definition) is 7. The van der Waals surface area contributed by atoms with E-state index in [2.05, 4.69) is 37.9 Å². The maximum absolute atomic E-state index is 11.3. The summed E-state index contributed by atoms with van der Waals surface area (Å²) in [6, 6.07) is 12.3. The summed E-state index contributed by atoms with van der Waals surface area (Å²) >= 11 is 0. The van der Waals surface area contributed by atoms with E-state index in [1.165, 1.54) is 11.6 Å². The fourth-order valence-electron chi connectivity index (χ4n) is 4.01. The first-order valence-corrected chi connectivity index (χ1v) is 10.7. The lowest BCUT2D eigenvalue weighted by atomic mass is 10.1. The molecule has 2 N–H and O–H groups in total. The van der Waals surface area contributed by atoms with Crippen molar-refractivity contribution in [2.24, 2.45) is 0 Å². The highest BCUT2D eigenvalue weighted by molar-refractivity contribution is 5.91. The molecular weight excluding hydrogens is 394 g/mol. The van der Waals surface area contributed by atoms with E-state index in [4.69, 9.17) is 9.94 Å². The monoisotopic (exact) mass is 423 g/mol. The molecule has 0 radical (unpaired) electrons. The van der Waals surface area contributed by atoms with E-state index >= 15 is 0 Å². The Labute approximate surface area is 182 Å². The van der Waals surface area contributed by atoms with Crippen LogP contribution >= 0.6 is 0 Å². The topological polar surface area (TPSA) is 81.2 Å². The number of aromatic nitrogens is 1. The van der Waals surface area contributed by atoms with Crippen LogP contribution in [-0.2, 0) is 16.1 Å². The number of carbonyl (C=O) groups is 1.